The minimum atomic E-state index is -0.441. The maximum absolute atomic E-state index is 11.6. The highest BCUT2D eigenvalue weighted by atomic mass is 16.5. The van der Waals surface area contributed by atoms with E-state index >= 15 is 0 Å². The van der Waals surface area contributed by atoms with Crippen molar-refractivity contribution in [1.29, 1.82) is 0 Å². The van der Waals surface area contributed by atoms with Crippen molar-refractivity contribution in [1.82, 2.24) is 0 Å². The second-order valence-electron chi connectivity index (χ2n) is 4.71. The quantitative estimate of drug-likeness (QED) is 0.694. The Morgan fingerprint density at radius 2 is 1.73 bits per heavy atom. The summed E-state index contributed by atoms with van der Waals surface area (Å²) in [6.07, 6.45) is -0.182. The fourth-order valence-electron chi connectivity index (χ4n) is 1.13. The zero-order chi connectivity index (χ0) is 11.5. The van der Waals surface area contributed by atoms with Crippen LogP contribution < -0.4 is 0 Å². The molecule has 1 aromatic rings. The Labute approximate surface area is 91.3 Å². The molecule has 0 aromatic heterocycles. The topological polar surface area (TPSA) is 26.3 Å². The minimum absolute atomic E-state index is 0.168. The van der Waals surface area contributed by atoms with Crippen LogP contribution in [0.3, 0.4) is 0 Å². The van der Waals surface area contributed by atoms with Crippen LogP contribution in [0.1, 0.15) is 39.4 Å². The summed E-state index contributed by atoms with van der Waals surface area (Å²) in [4.78, 5) is 11.6. The fourth-order valence-corrected chi connectivity index (χ4v) is 1.13. The molecule has 0 spiro atoms. The van der Waals surface area contributed by atoms with Crippen molar-refractivity contribution in [3.63, 3.8) is 0 Å². The molecule has 0 heterocycles. The molecule has 0 aliphatic carbocycles. The van der Waals surface area contributed by atoms with Crippen molar-refractivity contribution in [2.45, 2.75) is 33.8 Å². The molecule has 0 bridgehead atoms. The Kier molecular flexibility index (Phi) is 3.51. The number of benzene rings is 1. The van der Waals surface area contributed by atoms with Crippen molar-refractivity contribution in [2.24, 2.45) is 5.41 Å². The van der Waals surface area contributed by atoms with Crippen LogP contribution in [0.5, 0.6) is 0 Å². The van der Waals surface area contributed by atoms with Crippen LogP contribution in [-0.2, 0) is 9.53 Å². The third-order valence-electron chi connectivity index (χ3n) is 2.17. The number of rotatable bonds is 2. The molecular formula is C13H18O2. The van der Waals surface area contributed by atoms with Gasteiger partial charge in [0.05, 0.1) is 5.41 Å². The molecule has 82 valence electrons. The SMILES string of the molecule is CC(OC(=O)C(C)(C)C)c1ccccc1. The van der Waals surface area contributed by atoms with Gasteiger partial charge in [-0.2, -0.15) is 0 Å². The van der Waals surface area contributed by atoms with Gasteiger partial charge in [-0.1, -0.05) is 30.3 Å². The maximum Gasteiger partial charge on any atom is 0.311 e. The highest BCUT2D eigenvalue weighted by Crippen LogP contribution is 2.22. The summed E-state index contributed by atoms with van der Waals surface area (Å²) in [7, 11) is 0. The van der Waals surface area contributed by atoms with Gasteiger partial charge in [-0.25, -0.2) is 0 Å². The van der Waals surface area contributed by atoms with E-state index in [-0.39, 0.29) is 12.1 Å². The van der Waals surface area contributed by atoms with Crippen LogP contribution in [0.15, 0.2) is 30.3 Å². The zero-order valence-corrected chi connectivity index (χ0v) is 9.78. The predicted octanol–water partition coefficient (Wildman–Crippen LogP) is 3.34. The third-order valence-corrected chi connectivity index (χ3v) is 2.17. The first-order valence-corrected chi connectivity index (χ1v) is 5.17. The molecular weight excluding hydrogens is 188 g/mol. The number of hydrogen-bond donors (Lipinski definition) is 0. The van der Waals surface area contributed by atoms with Crippen LogP contribution in [-0.4, -0.2) is 5.97 Å². The Morgan fingerprint density at radius 1 is 1.20 bits per heavy atom. The van der Waals surface area contributed by atoms with Gasteiger partial charge < -0.3 is 4.74 Å². The molecule has 1 unspecified atom stereocenters. The Hall–Kier alpha value is -1.31. The molecule has 1 atom stereocenters. The summed E-state index contributed by atoms with van der Waals surface area (Å²) in [6.45, 7) is 7.45. The third kappa shape index (κ3) is 3.39. The second-order valence-corrected chi connectivity index (χ2v) is 4.71. The average Bonchev–Trinajstić information content (AvgIpc) is 2.17. The van der Waals surface area contributed by atoms with Gasteiger partial charge >= 0.3 is 5.97 Å². The normalized spacial score (nSPS) is 13.3. The fraction of sp³-hybridized carbons (Fsp3) is 0.462. The molecule has 2 heteroatoms. The van der Waals surface area contributed by atoms with E-state index in [0.717, 1.165) is 5.56 Å². The standard InChI is InChI=1S/C13H18O2/c1-10(11-8-6-5-7-9-11)15-12(14)13(2,3)4/h5-10H,1-4H3. The highest BCUT2D eigenvalue weighted by molar-refractivity contribution is 5.75. The molecule has 15 heavy (non-hydrogen) atoms. The lowest BCUT2D eigenvalue weighted by atomic mass is 9.97. The number of esters is 1. The molecule has 0 saturated heterocycles. The minimum Gasteiger partial charge on any atom is -0.457 e. The van der Waals surface area contributed by atoms with E-state index in [9.17, 15) is 4.79 Å². The van der Waals surface area contributed by atoms with Crippen LogP contribution in [0, 0.1) is 5.41 Å². The van der Waals surface area contributed by atoms with Gasteiger partial charge in [0, 0.05) is 0 Å². The number of ether oxygens (including phenoxy) is 1. The van der Waals surface area contributed by atoms with E-state index < -0.39 is 5.41 Å². The summed E-state index contributed by atoms with van der Waals surface area (Å²) in [6, 6.07) is 9.75. The van der Waals surface area contributed by atoms with E-state index in [4.69, 9.17) is 4.74 Å². The number of hydrogen-bond acceptors (Lipinski definition) is 2. The monoisotopic (exact) mass is 206 g/mol. The van der Waals surface area contributed by atoms with E-state index in [1.165, 1.54) is 0 Å². The van der Waals surface area contributed by atoms with Gasteiger partial charge in [0.25, 0.3) is 0 Å². The molecule has 0 radical (unpaired) electrons. The van der Waals surface area contributed by atoms with Crippen molar-refractivity contribution < 1.29 is 9.53 Å². The molecule has 0 N–H and O–H groups in total. The first-order valence-electron chi connectivity index (χ1n) is 5.17. The van der Waals surface area contributed by atoms with Crippen molar-refractivity contribution in [3.05, 3.63) is 35.9 Å². The van der Waals surface area contributed by atoms with Crippen LogP contribution in [0.4, 0.5) is 0 Å². The Balaban J connectivity index is 2.65. The van der Waals surface area contributed by atoms with Crippen LogP contribution in [0.25, 0.3) is 0 Å². The lowest BCUT2D eigenvalue weighted by molar-refractivity contribution is -0.158. The van der Waals surface area contributed by atoms with Gasteiger partial charge in [0.15, 0.2) is 0 Å². The second kappa shape index (κ2) is 4.47. The van der Waals surface area contributed by atoms with Gasteiger partial charge in [0.2, 0.25) is 0 Å². The first-order chi connectivity index (χ1) is 6.91. The van der Waals surface area contributed by atoms with Crippen LogP contribution >= 0.6 is 0 Å². The summed E-state index contributed by atoms with van der Waals surface area (Å²) in [5, 5.41) is 0. The smallest absolute Gasteiger partial charge is 0.311 e. The highest BCUT2D eigenvalue weighted by Gasteiger charge is 2.25. The molecule has 0 aliphatic heterocycles. The summed E-state index contributed by atoms with van der Waals surface area (Å²) in [5.41, 5.74) is 0.582. The predicted molar refractivity (Wildman–Crippen MR) is 60.4 cm³/mol. The zero-order valence-electron chi connectivity index (χ0n) is 9.78. The van der Waals surface area contributed by atoms with E-state index in [2.05, 4.69) is 0 Å². The number of carbonyl (C=O) groups is 1. The van der Waals surface area contributed by atoms with Gasteiger partial charge in [-0.05, 0) is 33.3 Å². The lowest BCUT2D eigenvalue weighted by Crippen LogP contribution is -2.24. The lowest BCUT2D eigenvalue weighted by Gasteiger charge is -2.21. The number of carbonyl (C=O) groups excluding carboxylic acids is 1. The Morgan fingerprint density at radius 3 is 2.20 bits per heavy atom. The van der Waals surface area contributed by atoms with Crippen molar-refractivity contribution in [2.75, 3.05) is 0 Å². The summed E-state index contributed by atoms with van der Waals surface area (Å²) in [5.74, 6) is -0.168. The molecule has 1 rings (SSSR count). The molecule has 0 aliphatic rings. The summed E-state index contributed by atoms with van der Waals surface area (Å²) >= 11 is 0. The van der Waals surface area contributed by atoms with E-state index in [1.807, 2.05) is 58.0 Å². The van der Waals surface area contributed by atoms with Gasteiger partial charge in [0.1, 0.15) is 6.10 Å². The first kappa shape index (κ1) is 11.8. The van der Waals surface area contributed by atoms with E-state index in [1.54, 1.807) is 0 Å². The Bertz CT molecular complexity index is 322. The van der Waals surface area contributed by atoms with E-state index in [0.29, 0.717) is 0 Å². The van der Waals surface area contributed by atoms with Gasteiger partial charge in [-0.3, -0.25) is 4.79 Å². The average molecular weight is 206 g/mol. The van der Waals surface area contributed by atoms with Crippen LogP contribution in [0.2, 0.25) is 0 Å². The van der Waals surface area contributed by atoms with Crippen molar-refractivity contribution in [3.8, 4) is 0 Å². The largest absolute Gasteiger partial charge is 0.457 e. The summed E-state index contributed by atoms with van der Waals surface area (Å²) < 4.78 is 5.36. The van der Waals surface area contributed by atoms with Gasteiger partial charge in [-0.15, -0.1) is 0 Å². The molecule has 0 fully saturated rings. The molecule has 1 aromatic carbocycles. The molecule has 2 nitrogen and oxygen atoms in total. The maximum atomic E-state index is 11.6. The molecule has 0 amide bonds. The van der Waals surface area contributed by atoms with Crippen molar-refractivity contribution >= 4 is 5.97 Å². The molecule has 0 saturated carbocycles.